The van der Waals surface area contributed by atoms with Crippen molar-refractivity contribution in [2.45, 2.75) is 37.4 Å². The highest BCUT2D eigenvalue weighted by Gasteiger charge is 2.69. The second-order valence-electron chi connectivity index (χ2n) is 4.92. The second kappa shape index (κ2) is 2.60. The van der Waals surface area contributed by atoms with Crippen molar-refractivity contribution >= 4 is 5.78 Å². The third-order valence-electron chi connectivity index (χ3n) is 4.01. The Bertz CT molecular complexity index is 330. The van der Waals surface area contributed by atoms with E-state index in [4.69, 9.17) is 9.47 Å². The number of carbonyl (C=O) groups is 1. The van der Waals surface area contributed by atoms with Gasteiger partial charge in [0.1, 0.15) is 11.4 Å². The molecule has 3 fully saturated rings. The average molecular weight is 214 g/mol. The first-order chi connectivity index (χ1) is 6.99. The number of aliphatic hydroxyl groups excluding tert-OH is 1. The molecule has 0 aromatic carbocycles. The van der Waals surface area contributed by atoms with Crippen molar-refractivity contribution in [3.8, 4) is 0 Å². The van der Waals surface area contributed by atoms with Crippen molar-refractivity contribution in [2.24, 2.45) is 11.8 Å². The summed E-state index contributed by atoms with van der Waals surface area (Å²) in [5.74, 6) is -1.94. The lowest BCUT2D eigenvalue weighted by Gasteiger charge is -2.44. The van der Waals surface area contributed by atoms with Crippen LogP contribution in [-0.2, 0) is 14.3 Å². The molecule has 2 heterocycles. The molecule has 2 N–H and O–H groups in total. The molecule has 5 heteroatoms. The van der Waals surface area contributed by atoms with Gasteiger partial charge in [-0.1, -0.05) is 0 Å². The lowest BCUT2D eigenvalue weighted by molar-refractivity contribution is -0.271. The highest BCUT2D eigenvalue weighted by Crippen LogP contribution is 2.55. The first kappa shape index (κ1) is 9.72. The Hall–Kier alpha value is -0.490. The zero-order valence-electron chi connectivity index (χ0n) is 8.47. The first-order valence-electron chi connectivity index (χ1n) is 5.21. The fraction of sp³-hybridized carbons (Fsp3) is 0.900. The molecule has 0 unspecified atom stereocenters. The van der Waals surface area contributed by atoms with Crippen molar-refractivity contribution < 1.29 is 24.5 Å². The highest BCUT2D eigenvalue weighted by molar-refractivity contribution is 5.84. The topological polar surface area (TPSA) is 76.0 Å². The summed E-state index contributed by atoms with van der Waals surface area (Å²) < 4.78 is 11.0. The Morgan fingerprint density at radius 3 is 2.93 bits per heavy atom. The molecule has 0 amide bonds. The number of ether oxygens (including phenoxy) is 2. The van der Waals surface area contributed by atoms with Crippen LogP contribution < -0.4 is 0 Å². The Kier molecular flexibility index (Phi) is 1.68. The molecule has 0 aromatic rings. The van der Waals surface area contributed by atoms with Gasteiger partial charge in [0, 0.05) is 24.7 Å². The van der Waals surface area contributed by atoms with E-state index in [9.17, 15) is 15.0 Å². The molecule has 3 rings (SSSR count). The standard InChI is InChI=1S/C10H14O5/c1-9-3-7(12)5-2-10(9,13)15-8(14-9)6(5)4-11/h5-6,8,11,13H,2-4H2,1H3/t5-,6-,8+,9+,10-/m1/s1. The zero-order valence-corrected chi connectivity index (χ0v) is 8.47. The summed E-state index contributed by atoms with van der Waals surface area (Å²) in [5, 5.41) is 19.4. The molecule has 1 saturated carbocycles. The van der Waals surface area contributed by atoms with Crippen LogP contribution in [0.4, 0.5) is 0 Å². The molecule has 1 aliphatic carbocycles. The normalized spacial score (nSPS) is 57.5. The van der Waals surface area contributed by atoms with Gasteiger partial charge in [-0.2, -0.15) is 0 Å². The predicted molar refractivity (Wildman–Crippen MR) is 47.6 cm³/mol. The van der Waals surface area contributed by atoms with Crippen LogP contribution >= 0.6 is 0 Å². The smallest absolute Gasteiger partial charge is 0.198 e. The molecule has 84 valence electrons. The SMILES string of the molecule is C[C@]12CC(=O)[C@@H]3C[C@@]1(O)O[C@H](O2)[C@@H]3CO. The van der Waals surface area contributed by atoms with Gasteiger partial charge in [0.05, 0.1) is 6.61 Å². The Labute approximate surface area is 87.0 Å². The van der Waals surface area contributed by atoms with E-state index in [-0.39, 0.29) is 37.1 Å². The Balaban J connectivity index is 2.07. The van der Waals surface area contributed by atoms with Crippen molar-refractivity contribution in [1.29, 1.82) is 0 Å². The number of Topliss-reactive ketones (excluding diaryl/α,β-unsaturated/α-hetero) is 1. The van der Waals surface area contributed by atoms with E-state index in [1.807, 2.05) is 0 Å². The highest BCUT2D eigenvalue weighted by atomic mass is 16.8. The fourth-order valence-electron chi connectivity index (χ4n) is 2.98. The van der Waals surface area contributed by atoms with Gasteiger partial charge in [-0.15, -0.1) is 0 Å². The average Bonchev–Trinajstić information content (AvgIpc) is 2.29. The lowest BCUT2D eigenvalue weighted by Crippen LogP contribution is -2.59. The third-order valence-corrected chi connectivity index (χ3v) is 4.01. The van der Waals surface area contributed by atoms with Crippen LogP contribution in [0.1, 0.15) is 19.8 Å². The van der Waals surface area contributed by atoms with E-state index in [0.717, 1.165) is 0 Å². The van der Waals surface area contributed by atoms with E-state index in [1.54, 1.807) is 6.92 Å². The number of aliphatic hydroxyl groups is 2. The van der Waals surface area contributed by atoms with Gasteiger partial charge in [0.15, 0.2) is 12.1 Å². The maximum absolute atomic E-state index is 11.8. The van der Waals surface area contributed by atoms with Crippen molar-refractivity contribution in [1.82, 2.24) is 0 Å². The van der Waals surface area contributed by atoms with Gasteiger partial charge in [-0.05, 0) is 6.92 Å². The summed E-state index contributed by atoms with van der Waals surface area (Å²) in [6, 6.07) is 0. The van der Waals surface area contributed by atoms with Crippen LogP contribution in [0.2, 0.25) is 0 Å². The molecule has 2 saturated heterocycles. The van der Waals surface area contributed by atoms with E-state index in [2.05, 4.69) is 0 Å². The van der Waals surface area contributed by atoms with E-state index < -0.39 is 17.7 Å². The molecule has 0 radical (unpaired) electrons. The van der Waals surface area contributed by atoms with Gasteiger partial charge >= 0.3 is 0 Å². The van der Waals surface area contributed by atoms with Gasteiger partial charge in [-0.25, -0.2) is 0 Å². The predicted octanol–water partition coefficient (Wildman–Crippen LogP) is -0.592. The van der Waals surface area contributed by atoms with Crippen LogP contribution in [0, 0.1) is 11.8 Å². The largest absolute Gasteiger partial charge is 0.396 e. The van der Waals surface area contributed by atoms with E-state index in [0.29, 0.717) is 0 Å². The minimum Gasteiger partial charge on any atom is -0.396 e. The second-order valence-corrected chi connectivity index (χ2v) is 4.92. The van der Waals surface area contributed by atoms with Gasteiger partial charge in [0.2, 0.25) is 0 Å². The van der Waals surface area contributed by atoms with Gasteiger partial charge in [-0.3, -0.25) is 4.79 Å². The molecule has 0 spiro atoms. The van der Waals surface area contributed by atoms with Crippen LogP contribution in [0.25, 0.3) is 0 Å². The van der Waals surface area contributed by atoms with Gasteiger partial charge < -0.3 is 19.7 Å². The van der Waals surface area contributed by atoms with Crippen LogP contribution in [-0.4, -0.2) is 40.3 Å². The summed E-state index contributed by atoms with van der Waals surface area (Å²) in [4.78, 5) is 11.8. The molecule has 5 nitrogen and oxygen atoms in total. The number of hydrogen-bond donors (Lipinski definition) is 2. The molecule has 15 heavy (non-hydrogen) atoms. The third kappa shape index (κ3) is 0.990. The fourth-order valence-corrected chi connectivity index (χ4v) is 2.98. The minimum absolute atomic E-state index is 0.0621. The number of carbonyl (C=O) groups excluding carboxylic acids is 1. The van der Waals surface area contributed by atoms with Gasteiger partial charge in [0.25, 0.3) is 0 Å². The molecule has 3 bridgehead atoms. The van der Waals surface area contributed by atoms with Crippen molar-refractivity contribution in [3.63, 3.8) is 0 Å². The quantitative estimate of drug-likeness (QED) is 0.610. The number of rotatable bonds is 1. The summed E-state index contributed by atoms with van der Waals surface area (Å²) >= 11 is 0. The molecule has 0 aromatic heterocycles. The molecule has 5 atom stereocenters. The zero-order chi connectivity index (χ0) is 10.8. The maximum atomic E-state index is 11.8. The summed E-state index contributed by atoms with van der Waals surface area (Å²) in [6.07, 6.45) is -0.235. The lowest BCUT2D eigenvalue weighted by atomic mass is 9.70. The monoisotopic (exact) mass is 214 g/mol. The maximum Gasteiger partial charge on any atom is 0.198 e. The summed E-state index contributed by atoms with van der Waals surface area (Å²) in [5.41, 5.74) is -0.935. The van der Waals surface area contributed by atoms with E-state index >= 15 is 0 Å². The number of hydrogen-bond acceptors (Lipinski definition) is 5. The Morgan fingerprint density at radius 1 is 1.53 bits per heavy atom. The number of ketones is 1. The van der Waals surface area contributed by atoms with Crippen molar-refractivity contribution in [3.05, 3.63) is 0 Å². The van der Waals surface area contributed by atoms with E-state index in [1.165, 1.54) is 0 Å². The Morgan fingerprint density at radius 2 is 2.27 bits per heavy atom. The van der Waals surface area contributed by atoms with Crippen LogP contribution in [0.3, 0.4) is 0 Å². The van der Waals surface area contributed by atoms with Crippen LogP contribution in [0.5, 0.6) is 0 Å². The minimum atomic E-state index is -1.35. The summed E-state index contributed by atoms with van der Waals surface area (Å²) in [6.45, 7) is 1.55. The van der Waals surface area contributed by atoms with Crippen LogP contribution in [0.15, 0.2) is 0 Å². The number of fused-ring (bicyclic) bond motifs is 2. The molecule has 2 aliphatic heterocycles. The van der Waals surface area contributed by atoms with Crippen molar-refractivity contribution in [2.75, 3.05) is 6.61 Å². The molecular weight excluding hydrogens is 200 g/mol. The first-order valence-corrected chi connectivity index (χ1v) is 5.21. The molecular formula is C10H14O5. The molecule has 3 aliphatic rings. The summed E-state index contributed by atoms with van der Waals surface area (Å²) in [7, 11) is 0.